The normalized spacial score (nSPS) is 44.0. The van der Waals surface area contributed by atoms with E-state index in [0.717, 1.165) is 22.1 Å². The fraction of sp³-hybridized carbons (Fsp3) is 0.765. The van der Waals surface area contributed by atoms with Crippen LogP contribution in [0.2, 0.25) is 0 Å². The van der Waals surface area contributed by atoms with E-state index in [1.165, 1.54) is 38.5 Å². The van der Waals surface area contributed by atoms with Crippen molar-refractivity contribution in [3.05, 3.63) is 22.6 Å². The van der Waals surface area contributed by atoms with Crippen molar-refractivity contribution in [1.29, 1.82) is 0 Å². The minimum absolute atomic E-state index is 0.358. The SMILES string of the molecule is CNC(c1occc1Br)C12CC3CC(CC(C)(C3)C1)C2. The zero-order valence-corrected chi connectivity index (χ0v) is 14.0. The Labute approximate surface area is 129 Å². The molecule has 4 aliphatic rings. The molecule has 1 heterocycles. The van der Waals surface area contributed by atoms with E-state index in [9.17, 15) is 0 Å². The minimum Gasteiger partial charge on any atom is -0.466 e. The molecule has 0 saturated heterocycles. The van der Waals surface area contributed by atoms with Crippen LogP contribution in [-0.4, -0.2) is 7.05 Å². The van der Waals surface area contributed by atoms with Crippen LogP contribution in [0.15, 0.2) is 21.2 Å². The molecule has 4 fully saturated rings. The Bertz CT molecular complexity index is 509. The number of hydrogen-bond donors (Lipinski definition) is 1. The van der Waals surface area contributed by atoms with Gasteiger partial charge in [-0.25, -0.2) is 0 Å². The molecule has 0 aromatic carbocycles. The Balaban J connectivity index is 1.74. The summed E-state index contributed by atoms with van der Waals surface area (Å²) in [4.78, 5) is 0. The van der Waals surface area contributed by atoms with Crippen LogP contribution >= 0.6 is 15.9 Å². The van der Waals surface area contributed by atoms with Gasteiger partial charge in [0.05, 0.1) is 16.8 Å². The summed E-state index contributed by atoms with van der Waals surface area (Å²) in [5, 5.41) is 3.60. The molecular formula is C17H24BrNO. The smallest absolute Gasteiger partial charge is 0.135 e. The molecule has 3 atom stereocenters. The lowest BCUT2D eigenvalue weighted by Crippen LogP contribution is -2.55. The Hall–Kier alpha value is -0.280. The van der Waals surface area contributed by atoms with Gasteiger partial charge in [-0.1, -0.05) is 6.92 Å². The van der Waals surface area contributed by atoms with Crippen LogP contribution in [0.5, 0.6) is 0 Å². The lowest BCUT2D eigenvalue weighted by atomic mass is 9.43. The molecule has 1 N–H and O–H groups in total. The second-order valence-electron chi connectivity index (χ2n) is 7.99. The molecule has 1 aromatic heterocycles. The summed E-state index contributed by atoms with van der Waals surface area (Å²) in [6.45, 7) is 2.53. The van der Waals surface area contributed by atoms with Crippen LogP contribution in [-0.2, 0) is 0 Å². The van der Waals surface area contributed by atoms with Gasteiger partial charge in [0, 0.05) is 0 Å². The molecule has 0 aliphatic heterocycles. The van der Waals surface area contributed by atoms with E-state index >= 15 is 0 Å². The lowest BCUT2D eigenvalue weighted by molar-refractivity contribution is -0.120. The third kappa shape index (κ3) is 1.85. The molecule has 110 valence electrons. The summed E-state index contributed by atoms with van der Waals surface area (Å²) in [7, 11) is 2.10. The molecule has 0 radical (unpaired) electrons. The molecule has 3 unspecified atom stereocenters. The number of rotatable bonds is 3. The van der Waals surface area contributed by atoms with E-state index in [0.29, 0.717) is 16.9 Å². The Morgan fingerprint density at radius 3 is 2.50 bits per heavy atom. The molecule has 20 heavy (non-hydrogen) atoms. The first-order chi connectivity index (χ1) is 9.54. The van der Waals surface area contributed by atoms with Crippen molar-refractivity contribution in [1.82, 2.24) is 5.32 Å². The highest BCUT2D eigenvalue weighted by atomic mass is 79.9. The standard InChI is InChI=1S/C17H24BrNO/c1-16-6-11-5-12(7-16)9-17(8-11,10-16)15(19-2)14-13(18)3-4-20-14/h3-4,11-12,15,19H,5-10H2,1-2H3. The second kappa shape index (κ2) is 4.36. The number of halogens is 1. The zero-order valence-electron chi connectivity index (χ0n) is 12.4. The van der Waals surface area contributed by atoms with E-state index < -0.39 is 0 Å². The molecule has 0 amide bonds. The fourth-order valence-electron chi connectivity index (χ4n) is 6.36. The maximum absolute atomic E-state index is 5.83. The largest absolute Gasteiger partial charge is 0.466 e. The summed E-state index contributed by atoms with van der Waals surface area (Å²) >= 11 is 3.67. The molecule has 2 nitrogen and oxygen atoms in total. The van der Waals surface area contributed by atoms with Gasteiger partial charge in [-0.05, 0) is 90.2 Å². The maximum Gasteiger partial charge on any atom is 0.135 e. The van der Waals surface area contributed by atoms with E-state index in [4.69, 9.17) is 4.42 Å². The van der Waals surface area contributed by atoms with Gasteiger partial charge in [0.2, 0.25) is 0 Å². The minimum atomic E-state index is 0.358. The average molecular weight is 338 g/mol. The van der Waals surface area contributed by atoms with Crippen LogP contribution in [0.1, 0.15) is 57.3 Å². The summed E-state index contributed by atoms with van der Waals surface area (Å²) in [6, 6.07) is 2.39. The van der Waals surface area contributed by atoms with E-state index in [1.54, 1.807) is 0 Å². The summed E-state index contributed by atoms with van der Waals surface area (Å²) < 4.78 is 6.95. The van der Waals surface area contributed by atoms with Gasteiger partial charge in [-0.15, -0.1) is 0 Å². The van der Waals surface area contributed by atoms with E-state index in [2.05, 4.69) is 35.2 Å². The Morgan fingerprint density at radius 1 is 1.30 bits per heavy atom. The van der Waals surface area contributed by atoms with Crippen molar-refractivity contribution >= 4 is 15.9 Å². The van der Waals surface area contributed by atoms with Crippen molar-refractivity contribution in [3.8, 4) is 0 Å². The molecule has 3 heteroatoms. The molecule has 4 aliphatic carbocycles. The quantitative estimate of drug-likeness (QED) is 0.847. The zero-order chi connectivity index (χ0) is 14.0. The first-order valence-corrected chi connectivity index (χ1v) is 8.73. The first-order valence-electron chi connectivity index (χ1n) is 7.94. The van der Waals surface area contributed by atoms with Gasteiger partial charge in [0.1, 0.15) is 5.76 Å². The van der Waals surface area contributed by atoms with Crippen LogP contribution in [0.4, 0.5) is 0 Å². The van der Waals surface area contributed by atoms with Crippen molar-refractivity contribution in [2.75, 3.05) is 7.05 Å². The molecular weight excluding hydrogens is 314 g/mol. The monoisotopic (exact) mass is 337 g/mol. The van der Waals surface area contributed by atoms with Crippen LogP contribution in [0, 0.1) is 22.7 Å². The van der Waals surface area contributed by atoms with Crippen LogP contribution in [0.3, 0.4) is 0 Å². The van der Waals surface area contributed by atoms with E-state index in [-0.39, 0.29) is 0 Å². The van der Waals surface area contributed by atoms with Crippen molar-refractivity contribution < 1.29 is 4.42 Å². The number of nitrogens with one attached hydrogen (secondary N) is 1. The van der Waals surface area contributed by atoms with Crippen LogP contribution in [0.25, 0.3) is 0 Å². The predicted molar refractivity (Wildman–Crippen MR) is 83.4 cm³/mol. The molecule has 0 spiro atoms. The molecule has 5 rings (SSSR count). The number of hydrogen-bond acceptors (Lipinski definition) is 2. The fourth-order valence-corrected chi connectivity index (χ4v) is 6.79. The van der Waals surface area contributed by atoms with Gasteiger partial charge in [-0.3, -0.25) is 0 Å². The van der Waals surface area contributed by atoms with E-state index in [1.807, 2.05) is 12.3 Å². The second-order valence-corrected chi connectivity index (χ2v) is 8.84. The van der Waals surface area contributed by atoms with Gasteiger partial charge < -0.3 is 9.73 Å². The van der Waals surface area contributed by atoms with Crippen LogP contribution < -0.4 is 5.32 Å². The predicted octanol–water partition coefficient (Wildman–Crippen LogP) is 4.91. The average Bonchev–Trinajstić information content (AvgIpc) is 2.73. The summed E-state index contributed by atoms with van der Waals surface area (Å²) in [5.74, 6) is 3.01. The lowest BCUT2D eigenvalue weighted by Gasteiger charge is -2.63. The third-order valence-corrected chi connectivity index (χ3v) is 6.86. The van der Waals surface area contributed by atoms with Crippen molar-refractivity contribution in [3.63, 3.8) is 0 Å². The highest BCUT2D eigenvalue weighted by molar-refractivity contribution is 9.10. The molecule has 4 saturated carbocycles. The van der Waals surface area contributed by atoms with Gasteiger partial charge >= 0.3 is 0 Å². The highest BCUT2D eigenvalue weighted by Crippen LogP contribution is 2.68. The Morgan fingerprint density at radius 2 is 2.00 bits per heavy atom. The topological polar surface area (TPSA) is 25.2 Å². The maximum atomic E-state index is 5.83. The third-order valence-electron chi connectivity index (χ3n) is 6.21. The van der Waals surface area contributed by atoms with Crippen molar-refractivity contribution in [2.24, 2.45) is 22.7 Å². The Kier molecular flexibility index (Phi) is 2.92. The molecule has 4 bridgehead atoms. The number of furan rings is 1. The molecule has 1 aromatic rings. The summed E-state index contributed by atoms with van der Waals surface area (Å²) in [6.07, 6.45) is 10.3. The highest BCUT2D eigenvalue weighted by Gasteiger charge is 2.59. The van der Waals surface area contributed by atoms with Gasteiger partial charge in [-0.2, -0.15) is 0 Å². The van der Waals surface area contributed by atoms with Gasteiger partial charge in [0.15, 0.2) is 0 Å². The van der Waals surface area contributed by atoms with Crippen molar-refractivity contribution in [2.45, 2.75) is 51.5 Å². The van der Waals surface area contributed by atoms with Gasteiger partial charge in [0.25, 0.3) is 0 Å². The first kappa shape index (κ1) is 13.4. The summed E-state index contributed by atoms with van der Waals surface area (Å²) in [5.41, 5.74) is 0.992.